The van der Waals surface area contributed by atoms with E-state index in [1.54, 1.807) is 11.3 Å². The van der Waals surface area contributed by atoms with Crippen molar-refractivity contribution in [3.8, 4) is 0 Å². The normalized spacial score (nSPS) is 31.4. The number of thiazole rings is 1. The molecule has 1 N–H and O–H groups in total. The van der Waals surface area contributed by atoms with Gasteiger partial charge in [0.1, 0.15) is 6.04 Å². The summed E-state index contributed by atoms with van der Waals surface area (Å²) in [5.74, 6) is 0.280. The molecule has 0 radical (unpaired) electrons. The Hall–Kier alpha value is -0.940. The summed E-state index contributed by atoms with van der Waals surface area (Å²) in [6, 6.07) is -0.146. The van der Waals surface area contributed by atoms with Crippen LogP contribution in [0.3, 0.4) is 0 Å². The third-order valence-corrected chi connectivity index (χ3v) is 6.24. The van der Waals surface area contributed by atoms with E-state index in [0.717, 1.165) is 23.7 Å². The maximum absolute atomic E-state index is 11.7. The van der Waals surface area contributed by atoms with Gasteiger partial charge in [0.2, 0.25) is 0 Å². The standard InChI is InChI=1S/C15H22N2O2S/c1-8-14(20-10(3)16-8)9(2)17-7-11-5-4-6-12(11)13(17)15(18)19/h9,11-13H,4-7H2,1-3H3,(H,18,19). The average molecular weight is 294 g/mol. The SMILES string of the molecule is Cc1nc(C)c(C(C)N2CC3CCCC3C2C(=O)O)s1. The molecule has 110 valence electrons. The van der Waals surface area contributed by atoms with E-state index in [9.17, 15) is 9.90 Å². The zero-order valence-corrected chi connectivity index (χ0v) is 13.1. The van der Waals surface area contributed by atoms with Crippen LogP contribution < -0.4 is 0 Å². The van der Waals surface area contributed by atoms with Crippen LogP contribution in [0.5, 0.6) is 0 Å². The molecule has 2 heterocycles. The van der Waals surface area contributed by atoms with Gasteiger partial charge in [0.15, 0.2) is 0 Å². The van der Waals surface area contributed by atoms with Gasteiger partial charge in [0.25, 0.3) is 0 Å². The van der Waals surface area contributed by atoms with Gasteiger partial charge in [-0.15, -0.1) is 11.3 Å². The van der Waals surface area contributed by atoms with Crippen LogP contribution in [0.15, 0.2) is 0 Å². The minimum atomic E-state index is -0.648. The fourth-order valence-corrected chi connectivity index (χ4v) is 5.15. The van der Waals surface area contributed by atoms with Crippen LogP contribution in [0.2, 0.25) is 0 Å². The number of carboxylic acid groups (broad SMARTS) is 1. The average Bonchev–Trinajstić information content (AvgIpc) is 3.00. The Kier molecular flexibility index (Phi) is 3.58. The number of nitrogens with zero attached hydrogens (tertiary/aromatic N) is 2. The molecule has 4 nitrogen and oxygen atoms in total. The number of aromatic nitrogens is 1. The maximum atomic E-state index is 11.7. The highest BCUT2D eigenvalue weighted by molar-refractivity contribution is 7.11. The van der Waals surface area contributed by atoms with E-state index < -0.39 is 5.97 Å². The molecule has 4 unspecified atom stereocenters. The first kappa shape index (κ1) is 14.0. The Labute approximate surface area is 123 Å². The molecule has 0 aromatic carbocycles. The summed E-state index contributed by atoms with van der Waals surface area (Å²) >= 11 is 1.71. The quantitative estimate of drug-likeness (QED) is 0.931. The van der Waals surface area contributed by atoms with Gasteiger partial charge in [0.05, 0.1) is 10.7 Å². The van der Waals surface area contributed by atoms with Gasteiger partial charge in [-0.1, -0.05) is 6.42 Å². The molecule has 1 saturated carbocycles. The first-order valence-corrected chi connectivity index (χ1v) is 8.23. The Bertz CT molecular complexity index is 528. The highest BCUT2D eigenvalue weighted by Gasteiger charge is 2.49. The lowest BCUT2D eigenvalue weighted by Gasteiger charge is -2.29. The third kappa shape index (κ3) is 2.17. The Morgan fingerprint density at radius 2 is 2.20 bits per heavy atom. The van der Waals surface area contributed by atoms with E-state index in [1.807, 2.05) is 13.8 Å². The number of rotatable bonds is 3. The smallest absolute Gasteiger partial charge is 0.321 e. The van der Waals surface area contributed by atoms with E-state index >= 15 is 0 Å². The molecule has 3 rings (SSSR count). The Balaban J connectivity index is 1.88. The fourth-order valence-electron chi connectivity index (χ4n) is 4.15. The summed E-state index contributed by atoms with van der Waals surface area (Å²) in [5, 5.41) is 10.7. The van der Waals surface area contributed by atoms with Gasteiger partial charge in [-0.25, -0.2) is 4.98 Å². The molecule has 5 heteroatoms. The fraction of sp³-hybridized carbons (Fsp3) is 0.733. The van der Waals surface area contributed by atoms with Gasteiger partial charge < -0.3 is 5.11 Å². The van der Waals surface area contributed by atoms with Gasteiger partial charge >= 0.3 is 5.97 Å². The number of fused-ring (bicyclic) bond motifs is 1. The molecule has 4 atom stereocenters. The van der Waals surface area contributed by atoms with Crippen LogP contribution >= 0.6 is 11.3 Å². The molecule has 0 bridgehead atoms. The molecule has 1 aliphatic carbocycles. The second kappa shape index (κ2) is 5.11. The zero-order chi connectivity index (χ0) is 14.4. The second-order valence-electron chi connectivity index (χ2n) is 6.19. The van der Waals surface area contributed by atoms with Crippen molar-refractivity contribution in [2.45, 2.75) is 52.1 Å². The van der Waals surface area contributed by atoms with Crippen molar-refractivity contribution in [1.82, 2.24) is 9.88 Å². The van der Waals surface area contributed by atoms with Crippen molar-refractivity contribution in [2.24, 2.45) is 11.8 Å². The number of aryl methyl sites for hydroxylation is 2. The van der Waals surface area contributed by atoms with Crippen LogP contribution in [0.1, 0.15) is 47.8 Å². The Morgan fingerprint density at radius 1 is 1.45 bits per heavy atom. The molecule has 0 spiro atoms. The number of hydrogen-bond acceptors (Lipinski definition) is 4. The highest BCUT2D eigenvalue weighted by atomic mass is 32.1. The lowest BCUT2D eigenvalue weighted by Crippen LogP contribution is -2.40. The van der Waals surface area contributed by atoms with Crippen LogP contribution in [-0.2, 0) is 4.79 Å². The van der Waals surface area contributed by atoms with Crippen molar-refractivity contribution in [3.05, 3.63) is 15.6 Å². The van der Waals surface area contributed by atoms with Gasteiger partial charge in [-0.05, 0) is 45.4 Å². The summed E-state index contributed by atoms with van der Waals surface area (Å²) in [7, 11) is 0. The predicted octanol–water partition coefficient (Wildman–Crippen LogP) is 3.01. The molecule has 0 amide bonds. The molecule has 20 heavy (non-hydrogen) atoms. The largest absolute Gasteiger partial charge is 0.480 e. The zero-order valence-electron chi connectivity index (χ0n) is 12.3. The van der Waals surface area contributed by atoms with E-state index in [2.05, 4.69) is 16.8 Å². The molecular formula is C15H22N2O2S. The summed E-state index contributed by atoms with van der Waals surface area (Å²) in [4.78, 5) is 19.7. The van der Waals surface area contributed by atoms with Crippen LogP contribution in [-0.4, -0.2) is 33.5 Å². The minimum Gasteiger partial charge on any atom is -0.480 e. The first-order valence-electron chi connectivity index (χ1n) is 7.41. The number of aliphatic carboxylic acids is 1. The summed E-state index contributed by atoms with van der Waals surface area (Å²) in [5.41, 5.74) is 1.06. The van der Waals surface area contributed by atoms with E-state index in [-0.39, 0.29) is 12.1 Å². The molecule has 2 fully saturated rings. The lowest BCUT2D eigenvalue weighted by atomic mass is 9.94. The Morgan fingerprint density at radius 3 is 2.80 bits per heavy atom. The van der Waals surface area contributed by atoms with Crippen LogP contribution in [0.25, 0.3) is 0 Å². The summed E-state index contributed by atoms with van der Waals surface area (Å²) in [6.45, 7) is 7.11. The van der Waals surface area contributed by atoms with Crippen molar-refractivity contribution >= 4 is 17.3 Å². The molecular weight excluding hydrogens is 272 g/mol. The molecule has 2 aliphatic rings. The molecule has 1 saturated heterocycles. The molecule has 1 aliphatic heterocycles. The molecule has 1 aromatic heterocycles. The number of likely N-dealkylation sites (tertiary alicyclic amines) is 1. The maximum Gasteiger partial charge on any atom is 0.321 e. The lowest BCUT2D eigenvalue weighted by molar-refractivity contribution is -0.144. The molecule has 1 aromatic rings. The highest BCUT2D eigenvalue weighted by Crippen LogP contribution is 2.46. The van der Waals surface area contributed by atoms with Crippen LogP contribution in [0, 0.1) is 25.7 Å². The van der Waals surface area contributed by atoms with E-state index in [0.29, 0.717) is 11.8 Å². The predicted molar refractivity (Wildman–Crippen MR) is 79.0 cm³/mol. The number of carboxylic acids is 1. The van der Waals surface area contributed by atoms with Gasteiger partial charge in [0, 0.05) is 17.5 Å². The monoisotopic (exact) mass is 294 g/mol. The minimum absolute atomic E-state index is 0.160. The summed E-state index contributed by atoms with van der Waals surface area (Å²) in [6.07, 6.45) is 3.46. The first-order chi connectivity index (χ1) is 9.49. The van der Waals surface area contributed by atoms with Crippen LogP contribution in [0.4, 0.5) is 0 Å². The topological polar surface area (TPSA) is 53.4 Å². The van der Waals surface area contributed by atoms with Gasteiger partial charge in [-0.3, -0.25) is 9.69 Å². The van der Waals surface area contributed by atoms with Gasteiger partial charge in [-0.2, -0.15) is 0 Å². The second-order valence-corrected chi connectivity index (χ2v) is 7.43. The van der Waals surface area contributed by atoms with Crippen molar-refractivity contribution in [3.63, 3.8) is 0 Å². The van der Waals surface area contributed by atoms with Crippen molar-refractivity contribution in [1.29, 1.82) is 0 Å². The number of carbonyl (C=O) groups is 1. The third-order valence-electron chi connectivity index (χ3n) is 5.00. The van der Waals surface area contributed by atoms with Crippen molar-refractivity contribution < 1.29 is 9.90 Å². The van der Waals surface area contributed by atoms with E-state index in [1.165, 1.54) is 17.7 Å². The van der Waals surface area contributed by atoms with Crippen molar-refractivity contribution in [2.75, 3.05) is 6.54 Å². The summed E-state index contributed by atoms with van der Waals surface area (Å²) < 4.78 is 0. The van der Waals surface area contributed by atoms with E-state index in [4.69, 9.17) is 0 Å². The number of hydrogen-bond donors (Lipinski definition) is 1.